The van der Waals surface area contributed by atoms with Gasteiger partial charge >= 0.3 is 0 Å². The average Bonchev–Trinajstić information content (AvgIpc) is 2.83. The summed E-state index contributed by atoms with van der Waals surface area (Å²) in [6.07, 6.45) is 8.87. The van der Waals surface area contributed by atoms with Gasteiger partial charge in [-0.2, -0.15) is 0 Å². The van der Waals surface area contributed by atoms with Crippen molar-refractivity contribution in [2.24, 2.45) is 5.92 Å². The average molecular weight is 221 g/mol. The van der Waals surface area contributed by atoms with Crippen LogP contribution in [0.15, 0.2) is 12.4 Å². The molecule has 88 valence electrons. The second-order valence-corrected chi connectivity index (χ2v) is 4.31. The standard InChI is InChI=1S/C12H19N3O/c1-13-12-7-14-11(6-15-12)9-16-8-10-4-2-3-5-10/h6-7,10H,2-5,8-9H2,1H3,(H,13,15). The normalized spacial score (nSPS) is 16.6. The summed E-state index contributed by atoms with van der Waals surface area (Å²) in [4.78, 5) is 8.46. The first-order chi connectivity index (χ1) is 7.88. The van der Waals surface area contributed by atoms with E-state index in [0.29, 0.717) is 6.61 Å². The topological polar surface area (TPSA) is 47.0 Å². The monoisotopic (exact) mass is 221 g/mol. The van der Waals surface area contributed by atoms with Crippen LogP contribution in [0.1, 0.15) is 31.4 Å². The third kappa shape index (κ3) is 3.17. The summed E-state index contributed by atoms with van der Waals surface area (Å²) in [5.74, 6) is 1.56. The zero-order valence-corrected chi connectivity index (χ0v) is 9.78. The van der Waals surface area contributed by atoms with Crippen LogP contribution in [0, 0.1) is 5.92 Å². The van der Waals surface area contributed by atoms with Crippen molar-refractivity contribution < 1.29 is 4.74 Å². The highest BCUT2D eigenvalue weighted by atomic mass is 16.5. The third-order valence-corrected chi connectivity index (χ3v) is 3.04. The van der Waals surface area contributed by atoms with Crippen LogP contribution in [-0.4, -0.2) is 23.6 Å². The molecular formula is C12H19N3O. The maximum Gasteiger partial charge on any atom is 0.144 e. The van der Waals surface area contributed by atoms with E-state index < -0.39 is 0 Å². The third-order valence-electron chi connectivity index (χ3n) is 3.04. The van der Waals surface area contributed by atoms with Crippen LogP contribution in [0.5, 0.6) is 0 Å². The van der Waals surface area contributed by atoms with E-state index in [1.165, 1.54) is 25.7 Å². The molecule has 0 unspecified atom stereocenters. The first-order valence-corrected chi connectivity index (χ1v) is 5.95. The van der Waals surface area contributed by atoms with Crippen LogP contribution in [0.25, 0.3) is 0 Å². The highest BCUT2D eigenvalue weighted by Crippen LogP contribution is 2.24. The van der Waals surface area contributed by atoms with Gasteiger partial charge in [0.1, 0.15) is 5.82 Å². The predicted molar refractivity (Wildman–Crippen MR) is 63.2 cm³/mol. The van der Waals surface area contributed by atoms with E-state index in [-0.39, 0.29) is 0 Å². The lowest BCUT2D eigenvalue weighted by Gasteiger charge is -2.09. The van der Waals surface area contributed by atoms with Gasteiger partial charge in [0.05, 0.1) is 24.7 Å². The number of rotatable bonds is 5. The van der Waals surface area contributed by atoms with Gasteiger partial charge in [-0.15, -0.1) is 0 Å². The molecule has 1 aliphatic rings. The molecule has 1 aromatic rings. The SMILES string of the molecule is CNc1cnc(COCC2CCCC2)cn1. The van der Waals surface area contributed by atoms with Crippen molar-refractivity contribution in [1.29, 1.82) is 0 Å². The summed E-state index contributed by atoms with van der Waals surface area (Å²) in [7, 11) is 1.83. The van der Waals surface area contributed by atoms with E-state index in [1.807, 2.05) is 7.05 Å². The van der Waals surface area contributed by atoms with Crippen molar-refractivity contribution >= 4 is 5.82 Å². The molecule has 2 rings (SSSR count). The summed E-state index contributed by atoms with van der Waals surface area (Å²) in [5.41, 5.74) is 0.900. The van der Waals surface area contributed by atoms with Crippen LogP contribution >= 0.6 is 0 Å². The molecule has 0 amide bonds. The molecule has 0 radical (unpaired) electrons. The highest BCUT2D eigenvalue weighted by molar-refractivity contribution is 5.29. The van der Waals surface area contributed by atoms with Crippen molar-refractivity contribution in [3.8, 4) is 0 Å². The second kappa shape index (κ2) is 5.80. The van der Waals surface area contributed by atoms with E-state index in [4.69, 9.17) is 4.74 Å². The van der Waals surface area contributed by atoms with Gasteiger partial charge in [-0.3, -0.25) is 4.98 Å². The second-order valence-electron chi connectivity index (χ2n) is 4.31. The molecule has 0 bridgehead atoms. The Hall–Kier alpha value is -1.16. The summed E-state index contributed by atoms with van der Waals surface area (Å²) in [6.45, 7) is 1.45. The van der Waals surface area contributed by atoms with Crippen molar-refractivity contribution in [3.05, 3.63) is 18.1 Å². The Kier molecular flexibility index (Phi) is 4.10. The first kappa shape index (κ1) is 11.3. The molecule has 0 aliphatic heterocycles. The first-order valence-electron chi connectivity index (χ1n) is 5.95. The molecule has 1 saturated carbocycles. The Balaban J connectivity index is 1.71. The Morgan fingerprint density at radius 2 is 2.12 bits per heavy atom. The highest BCUT2D eigenvalue weighted by Gasteiger charge is 2.14. The fraction of sp³-hybridized carbons (Fsp3) is 0.667. The van der Waals surface area contributed by atoms with E-state index in [2.05, 4.69) is 15.3 Å². The molecule has 1 fully saturated rings. The van der Waals surface area contributed by atoms with Gasteiger partial charge in [0, 0.05) is 13.7 Å². The predicted octanol–water partition coefficient (Wildman–Crippen LogP) is 2.23. The van der Waals surface area contributed by atoms with Gasteiger partial charge in [-0.1, -0.05) is 12.8 Å². The zero-order valence-electron chi connectivity index (χ0n) is 9.78. The minimum atomic E-state index is 0.577. The fourth-order valence-electron chi connectivity index (χ4n) is 2.07. The van der Waals surface area contributed by atoms with E-state index in [1.54, 1.807) is 12.4 Å². The largest absolute Gasteiger partial charge is 0.375 e. The number of hydrogen-bond acceptors (Lipinski definition) is 4. The maximum atomic E-state index is 5.65. The molecule has 0 spiro atoms. The molecule has 1 aromatic heterocycles. The molecule has 0 aromatic carbocycles. The number of hydrogen-bond donors (Lipinski definition) is 1. The molecule has 4 nitrogen and oxygen atoms in total. The fourth-order valence-corrected chi connectivity index (χ4v) is 2.07. The molecule has 0 saturated heterocycles. The van der Waals surface area contributed by atoms with Crippen molar-refractivity contribution in [1.82, 2.24) is 9.97 Å². The number of ether oxygens (including phenoxy) is 1. The van der Waals surface area contributed by atoms with Crippen LogP contribution in [0.3, 0.4) is 0 Å². The maximum absolute atomic E-state index is 5.65. The molecule has 4 heteroatoms. The molecule has 1 aliphatic carbocycles. The van der Waals surface area contributed by atoms with Gasteiger partial charge in [0.15, 0.2) is 0 Å². The lowest BCUT2D eigenvalue weighted by atomic mass is 10.1. The molecule has 1 N–H and O–H groups in total. The van der Waals surface area contributed by atoms with E-state index in [0.717, 1.165) is 24.0 Å². The molecule has 1 heterocycles. The summed E-state index contributed by atoms with van der Waals surface area (Å²) in [6, 6.07) is 0. The van der Waals surface area contributed by atoms with E-state index in [9.17, 15) is 0 Å². The Morgan fingerprint density at radius 1 is 1.31 bits per heavy atom. The lowest BCUT2D eigenvalue weighted by molar-refractivity contribution is 0.0865. The lowest BCUT2D eigenvalue weighted by Crippen LogP contribution is -2.06. The summed E-state index contributed by atoms with van der Waals surface area (Å²) >= 11 is 0. The summed E-state index contributed by atoms with van der Waals surface area (Å²) in [5, 5.41) is 2.94. The van der Waals surface area contributed by atoms with Crippen molar-refractivity contribution in [2.75, 3.05) is 19.0 Å². The quantitative estimate of drug-likeness (QED) is 0.828. The molecular weight excluding hydrogens is 202 g/mol. The zero-order chi connectivity index (χ0) is 11.2. The van der Waals surface area contributed by atoms with Gasteiger partial charge in [-0.05, 0) is 18.8 Å². The van der Waals surface area contributed by atoms with Crippen molar-refractivity contribution in [3.63, 3.8) is 0 Å². The van der Waals surface area contributed by atoms with Gasteiger partial charge in [0.25, 0.3) is 0 Å². The number of nitrogens with one attached hydrogen (secondary N) is 1. The van der Waals surface area contributed by atoms with Crippen LogP contribution < -0.4 is 5.32 Å². The van der Waals surface area contributed by atoms with Crippen LogP contribution in [0.4, 0.5) is 5.82 Å². The summed E-state index contributed by atoms with van der Waals surface area (Å²) < 4.78 is 5.65. The van der Waals surface area contributed by atoms with Crippen LogP contribution in [0.2, 0.25) is 0 Å². The van der Waals surface area contributed by atoms with E-state index >= 15 is 0 Å². The van der Waals surface area contributed by atoms with Gasteiger partial charge in [-0.25, -0.2) is 4.98 Å². The number of aromatic nitrogens is 2. The Morgan fingerprint density at radius 3 is 2.75 bits per heavy atom. The van der Waals surface area contributed by atoms with Crippen LogP contribution in [-0.2, 0) is 11.3 Å². The minimum Gasteiger partial charge on any atom is -0.375 e. The molecule has 16 heavy (non-hydrogen) atoms. The molecule has 0 atom stereocenters. The Labute approximate surface area is 96.4 Å². The van der Waals surface area contributed by atoms with Gasteiger partial charge < -0.3 is 10.1 Å². The smallest absolute Gasteiger partial charge is 0.144 e. The van der Waals surface area contributed by atoms with Gasteiger partial charge in [0.2, 0.25) is 0 Å². The minimum absolute atomic E-state index is 0.577. The number of nitrogens with zero attached hydrogens (tertiary/aromatic N) is 2. The number of anilines is 1. The Bertz CT molecular complexity index is 307. The van der Waals surface area contributed by atoms with Crippen molar-refractivity contribution in [2.45, 2.75) is 32.3 Å².